The molecule has 1 fully saturated rings. The van der Waals surface area contributed by atoms with E-state index in [0.717, 1.165) is 5.56 Å². The van der Waals surface area contributed by atoms with Gasteiger partial charge in [-0.3, -0.25) is 9.48 Å². The molecule has 174 valence electrons. The summed E-state index contributed by atoms with van der Waals surface area (Å²) in [5.41, 5.74) is -1.76. The molecule has 0 radical (unpaired) electrons. The normalized spacial score (nSPS) is 29.1. The van der Waals surface area contributed by atoms with E-state index >= 15 is 0 Å². The van der Waals surface area contributed by atoms with Gasteiger partial charge in [0.1, 0.15) is 16.4 Å². The van der Waals surface area contributed by atoms with Gasteiger partial charge in [0.05, 0.1) is 17.6 Å². The Morgan fingerprint density at radius 2 is 1.85 bits per heavy atom. The monoisotopic (exact) mass is 522 g/mol. The van der Waals surface area contributed by atoms with Crippen molar-refractivity contribution >= 4 is 21.8 Å². The van der Waals surface area contributed by atoms with Crippen LogP contribution >= 0.6 is 15.9 Å². The summed E-state index contributed by atoms with van der Waals surface area (Å²) in [5.74, 6) is -1.81. The van der Waals surface area contributed by atoms with Crippen LogP contribution < -0.4 is 4.74 Å². The average molecular weight is 523 g/mol. The van der Waals surface area contributed by atoms with Crippen molar-refractivity contribution in [1.29, 1.82) is 5.26 Å². The summed E-state index contributed by atoms with van der Waals surface area (Å²) in [5, 5.41) is 38.0. The number of nitriles is 1. The molecule has 34 heavy (non-hydrogen) atoms. The summed E-state index contributed by atoms with van der Waals surface area (Å²) in [6, 6.07) is 18.0. The maximum absolute atomic E-state index is 13.5. The highest BCUT2D eigenvalue weighted by molar-refractivity contribution is 9.10. The summed E-state index contributed by atoms with van der Waals surface area (Å²) in [4.78, 5) is 14.9. The van der Waals surface area contributed by atoms with E-state index in [1.165, 1.54) is 9.58 Å². The van der Waals surface area contributed by atoms with Gasteiger partial charge >= 0.3 is 0 Å². The molecule has 1 aliphatic heterocycles. The minimum Gasteiger partial charge on any atom is -0.473 e. The molecule has 9 heteroatoms. The van der Waals surface area contributed by atoms with Crippen molar-refractivity contribution in [3.63, 3.8) is 0 Å². The molecule has 5 atom stereocenters. The minimum absolute atomic E-state index is 0.161. The fourth-order valence-electron chi connectivity index (χ4n) is 5.52. The second-order valence-corrected chi connectivity index (χ2v) is 9.73. The van der Waals surface area contributed by atoms with Crippen molar-refractivity contribution in [3.8, 4) is 11.8 Å². The van der Waals surface area contributed by atoms with Crippen LogP contribution in [-0.2, 0) is 23.0 Å². The molecule has 8 nitrogen and oxygen atoms in total. The number of aliphatic hydroxyl groups is 2. The van der Waals surface area contributed by atoms with E-state index in [-0.39, 0.29) is 11.6 Å². The van der Waals surface area contributed by atoms with Gasteiger partial charge in [-0.25, -0.2) is 0 Å². The largest absolute Gasteiger partial charge is 0.473 e. The average Bonchev–Trinajstić information content (AvgIpc) is 3.35. The van der Waals surface area contributed by atoms with Crippen molar-refractivity contribution in [1.82, 2.24) is 14.7 Å². The Morgan fingerprint density at radius 1 is 1.21 bits per heavy atom. The Bertz CT molecular complexity index is 1320. The summed E-state index contributed by atoms with van der Waals surface area (Å²) in [6.45, 7) is 0. The molecule has 2 aromatic carbocycles. The Labute approximate surface area is 205 Å². The molecule has 1 aliphatic carbocycles. The summed E-state index contributed by atoms with van der Waals surface area (Å²) in [7, 11) is 4.93. The number of hydrogen-bond donors (Lipinski definition) is 2. The first-order chi connectivity index (χ1) is 16.2. The van der Waals surface area contributed by atoms with Gasteiger partial charge in [-0.2, -0.15) is 10.4 Å². The number of halogens is 1. The zero-order valence-corrected chi connectivity index (χ0v) is 20.4. The minimum atomic E-state index is -2.04. The van der Waals surface area contributed by atoms with Crippen LogP contribution in [0, 0.1) is 17.2 Å². The van der Waals surface area contributed by atoms with Crippen LogP contribution in [0.15, 0.2) is 59.2 Å². The number of carbonyl (C=O) groups is 1. The third kappa shape index (κ3) is 2.70. The first kappa shape index (κ1) is 22.6. The molecule has 0 unspecified atom stereocenters. The van der Waals surface area contributed by atoms with Crippen LogP contribution in [0.1, 0.15) is 28.3 Å². The highest BCUT2D eigenvalue weighted by atomic mass is 79.9. The summed E-state index contributed by atoms with van der Waals surface area (Å²) < 4.78 is 8.65. The molecule has 3 aromatic rings. The quantitative estimate of drug-likeness (QED) is 0.546. The number of aromatic nitrogens is 2. The van der Waals surface area contributed by atoms with E-state index in [9.17, 15) is 20.3 Å². The fraction of sp³-hybridized carbons (Fsp3) is 0.320. The molecule has 0 saturated heterocycles. The number of benzene rings is 2. The lowest BCUT2D eigenvalue weighted by atomic mass is 9.71. The van der Waals surface area contributed by atoms with E-state index in [4.69, 9.17) is 4.74 Å². The number of fused-ring (bicyclic) bond motifs is 3. The molecule has 2 N–H and O–H groups in total. The third-order valence-corrected chi connectivity index (χ3v) is 7.89. The van der Waals surface area contributed by atoms with Crippen LogP contribution in [0.2, 0.25) is 0 Å². The lowest BCUT2D eigenvalue weighted by molar-refractivity contribution is -0.158. The van der Waals surface area contributed by atoms with Gasteiger partial charge in [-0.05, 0) is 39.2 Å². The fourth-order valence-corrected chi connectivity index (χ4v) is 5.87. The second kappa shape index (κ2) is 7.67. The molecule has 5 rings (SSSR count). The second-order valence-electron chi connectivity index (χ2n) is 8.98. The van der Waals surface area contributed by atoms with Crippen molar-refractivity contribution in [2.75, 3.05) is 14.1 Å². The van der Waals surface area contributed by atoms with Crippen molar-refractivity contribution in [2.24, 2.45) is 13.0 Å². The van der Waals surface area contributed by atoms with Crippen LogP contribution in [-0.4, -0.2) is 51.0 Å². The van der Waals surface area contributed by atoms with Crippen LogP contribution in [0.3, 0.4) is 0 Å². The topological polar surface area (TPSA) is 112 Å². The predicted octanol–water partition coefficient (Wildman–Crippen LogP) is 2.39. The summed E-state index contributed by atoms with van der Waals surface area (Å²) in [6.07, 6.45) is -1.52. The highest BCUT2D eigenvalue weighted by Crippen LogP contribution is 2.69. The van der Waals surface area contributed by atoms with E-state index in [2.05, 4.69) is 27.1 Å². The van der Waals surface area contributed by atoms with Crippen LogP contribution in [0.5, 0.6) is 5.75 Å². The molecule has 1 saturated carbocycles. The number of carbonyl (C=O) groups excluding carboxylic acids is 1. The Hall–Kier alpha value is -3.19. The van der Waals surface area contributed by atoms with E-state index < -0.39 is 29.1 Å². The summed E-state index contributed by atoms with van der Waals surface area (Å²) >= 11 is 3.48. The molecule has 0 spiro atoms. The van der Waals surface area contributed by atoms with E-state index in [0.29, 0.717) is 21.5 Å². The highest BCUT2D eigenvalue weighted by Gasteiger charge is 2.78. The smallest absolute Gasteiger partial charge is 0.228 e. The number of aryl methyl sites for hydroxylation is 1. The first-order valence-electron chi connectivity index (χ1n) is 10.8. The number of ether oxygens (including phenoxy) is 1. The van der Waals surface area contributed by atoms with Crippen LogP contribution in [0.25, 0.3) is 0 Å². The number of amides is 1. The van der Waals surface area contributed by atoms with Gasteiger partial charge in [0.2, 0.25) is 5.91 Å². The SMILES string of the molecule is CN(C)C(=O)[C@H]1[C@@H](O)[C@@]2(O)c3nn(C)c(Br)c3O[C@@]2(c2ccc(C#N)cc2)[C@@H]1c1ccccc1. The Balaban J connectivity index is 1.87. The van der Waals surface area contributed by atoms with Gasteiger partial charge in [0.25, 0.3) is 0 Å². The van der Waals surface area contributed by atoms with Crippen molar-refractivity contribution in [3.05, 3.63) is 81.6 Å². The van der Waals surface area contributed by atoms with Gasteiger partial charge in [-0.15, -0.1) is 0 Å². The maximum atomic E-state index is 13.5. The Morgan fingerprint density at radius 3 is 2.44 bits per heavy atom. The first-order valence-corrected chi connectivity index (χ1v) is 11.6. The van der Waals surface area contributed by atoms with Gasteiger partial charge < -0.3 is 19.8 Å². The molecular formula is C25H23BrN4O4. The van der Waals surface area contributed by atoms with E-state index in [1.807, 2.05) is 30.3 Å². The van der Waals surface area contributed by atoms with Crippen LogP contribution in [0.4, 0.5) is 0 Å². The number of aliphatic hydroxyl groups excluding tert-OH is 1. The molecule has 2 aliphatic rings. The zero-order chi connectivity index (χ0) is 24.4. The standard InChI is InChI=1S/C25H23BrN4O4/c1-29(2)23(32)17-18(15-7-5-4-6-8-15)25(16-11-9-14(13-27)10-12-16)24(33,21(17)31)20-19(34-25)22(26)30(3)28-20/h4-12,17-18,21,31,33H,1-3H3/t17-,18-,21-,24+,25+/m1/s1. The van der Waals surface area contributed by atoms with Gasteiger partial charge in [0.15, 0.2) is 17.0 Å². The molecule has 1 aromatic heterocycles. The van der Waals surface area contributed by atoms with Crippen molar-refractivity contribution in [2.45, 2.75) is 23.2 Å². The third-order valence-electron chi connectivity index (χ3n) is 7.02. The number of rotatable bonds is 3. The van der Waals surface area contributed by atoms with Crippen molar-refractivity contribution < 1.29 is 19.7 Å². The molecule has 1 amide bonds. The van der Waals surface area contributed by atoms with E-state index in [1.54, 1.807) is 45.4 Å². The lowest BCUT2D eigenvalue weighted by Gasteiger charge is -2.40. The molecular weight excluding hydrogens is 500 g/mol. The Kier molecular flexibility index (Phi) is 5.09. The maximum Gasteiger partial charge on any atom is 0.228 e. The number of hydrogen-bond acceptors (Lipinski definition) is 6. The lowest BCUT2D eigenvalue weighted by Crippen LogP contribution is -2.52. The van der Waals surface area contributed by atoms with Gasteiger partial charge in [0, 0.05) is 27.1 Å². The zero-order valence-electron chi connectivity index (χ0n) is 18.8. The molecule has 2 heterocycles. The number of nitrogens with zero attached hydrogens (tertiary/aromatic N) is 4. The predicted molar refractivity (Wildman–Crippen MR) is 126 cm³/mol. The molecule has 0 bridgehead atoms. The van der Waals surface area contributed by atoms with Gasteiger partial charge in [-0.1, -0.05) is 42.5 Å².